The van der Waals surface area contributed by atoms with Crippen molar-refractivity contribution in [2.24, 2.45) is 35.5 Å². The summed E-state index contributed by atoms with van der Waals surface area (Å²) in [6.45, 7) is 11.2. The van der Waals surface area contributed by atoms with Gasteiger partial charge in [0, 0.05) is 37.5 Å². The van der Waals surface area contributed by atoms with Crippen LogP contribution in [0.1, 0.15) is 155 Å². The van der Waals surface area contributed by atoms with Crippen molar-refractivity contribution in [2.75, 3.05) is 0 Å². The maximum atomic E-state index is 12.6. The molecule has 2 aliphatic rings. The van der Waals surface area contributed by atoms with E-state index in [1.807, 2.05) is 58.0 Å². The molecule has 4 rings (SSSR count). The summed E-state index contributed by atoms with van der Waals surface area (Å²) in [4.78, 5) is 48.0. The Balaban J connectivity index is 0.000000419. The molecule has 0 aromatic heterocycles. The summed E-state index contributed by atoms with van der Waals surface area (Å²) < 4.78 is 16.7. The summed E-state index contributed by atoms with van der Waals surface area (Å²) in [6.07, 6.45) is 21.0. The Labute approximate surface area is 402 Å². The van der Waals surface area contributed by atoms with Crippen molar-refractivity contribution in [3.8, 4) is 0 Å². The maximum Gasteiger partial charge on any atom is 0.355 e. The second kappa shape index (κ2) is 34.4. The number of allylic oxidation sites excluding steroid dienone is 4. The smallest absolute Gasteiger partial charge is 0.355 e. The van der Waals surface area contributed by atoms with E-state index in [2.05, 4.69) is 89.2 Å². The van der Waals surface area contributed by atoms with E-state index in [0.29, 0.717) is 62.1 Å². The lowest BCUT2D eigenvalue weighted by Crippen LogP contribution is -2.22. The number of ketones is 2. The van der Waals surface area contributed by atoms with Gasteiger partial charge in [-0.1, -0.05) is 105 Å². The first kappa shape index (κ1) is 56.4. The summed E-state index contributed by atoms with van der Waals surface area (Å²) in [5.74, 6) is 1.86. The lowest BCUT2D eigenvalue weighted by Gasteiger charge is -2.22. The minimum atomic E-state index is -0.870. The fourth-order valence-corrected chi connectivity index (χ4v) is 9.04. The van der Waals surface area contributed by atoms with Crippen molar-refractivity contribution < 1.29 is 38.9 Å². The van der Waals surface area contributed by atoms with E-state index >= 15 is 0 Å². The van der Waals surface area contributed by atoms with Crippen molar-refractivity contribution >= 4 is 51.2 Å². The number of carbonyl (C=O) groups excluding carboxylic acids is 4. The molecule has 65 heavy (non-hydrogen) atoms. The highest BCUT2D eigenvalue weighted by molar-refractivity contribution is 8.24. The Morgan fingerprint density at radius 2 is 1.18 bits per heavy atom. The van der Waals surface area contributed by atoms with Gasteiger partial charge < -0.3 is 19.7 Å². The highest BCUT2D eigenvalue weighted by Gasteiger charge is 2.41. The van der Waals surface area contributed by atoms with E-state index < -0.39 is 19.2 Å². The van der Waals surface area contributed by atoms with E-state index in [1.54, 1.807) is 0 Å². The Morgan fingerprint density at radius 1 is 0.738 bits per heavy atom. The molecular formula is C54H83O8P2S+. The second-order valence-electron chi connectivity index (χ2n) is 18.8. The number of esters is 2. The molecule has 2 N–H and O–H groups in total. The van der Waals surface area contributed by atoms with E-state index in [1.165, 1.54) is 24.0 Å². The van der Waals surface area contributed by atoms with E-state index in [0.717, 1.165) is 57.8 Å². The number of carbonyl (C=O) groups is 4. The van der Waals surface area contributed by atoms with Crippen molar-refractivity contribution in [3.63, 3.8) is 0 Å². The molecule has 0 bridgehead atoms. The van der Waals surface area contributed by atoms with Crippen molar-refractivity contribution in [2.45, 2.75) is 182 Å². The molecule has 2 fully saturated rings. The summed E-state index contributed by atoms with van der Waals surface area (Å²) in [5.41, 5.74) is 2.62. The molecule has 0 spiro atoms. The fourth-order valence-electron chi connectivity index (χ4n) is 9.04. The van der Waals surface area contributed by atoms with Gasteiger partial charge in [0.05, 0.1) is 33.3 Å². The van der Waals surface area contributed by atoms with Crippen molar-refractivity contribution in [3.05, 3.63) is 96.1 Å². The Morgan fingerprint density at radius 3 is 1.68 bits per heavy atom. The lowest BCUT2D eigenvalue weighted by molar-refractivity contribution is -0.148. The molecule has 0 amide bonds. The summed E-state index contributed by atoms with van der Waals surface area (Å²) >= 11 is 4.31. The molecule has 0 radical (unpaired) electrons. The molecular weight excluding hydrogens is 871 g/mol. The highest BCUT2D eigenvalue weighted by atomic mass is 32.6. The molecule has 2 aromatic carbocycles. The molecule has 8 nitrogen and oxygen atoms in total. The predicted molar refractivity (Wildman–Crippen MR) is 275 cm³/mol. The minimum Gasteiger partial charge on any atom is -0.463 e. The van der Waals surface area contributed by atoms with Crippen LogP contribution in [0.15, 0.2) is 85.0 Å². The Bertz CT molecular complexity index is 1630. The van der Waals surface area contributed by atoms with E-state index in [9.17, 15) is 29.4 Å². The first-order chi connectivity index (χ1) is 31.5. The van der Waals surface area contributed by atoms with Gasteiger partial charge in [-0.25, -0.2) is 0 Å². The number of aryl methyl sites for hydroxylation is 2. The van der Waals surface area contributed by atoms with Crippen molar-refractivity contribution in [1.29, 1.82) is 1.28 Å². The van der Waals surface area contributed by atoms with Crippen LogP contribution in [0.4, 0.5) is 0 Å². The number of benzene rings is 2. The molecule has 11 heteroatoms. The monoisotopic (exact) mass is 956 g/mol. The van der Waals surface area contributed by atoms with Gasteiger partial charge in [-0.3, -0.25) is 19.2 Å². The van der Waals surface area contributed by atoms with Gasteiger partial charge in [0.25, 0.3) is 0 Å². The van der Waals surface area contributed by atoms with Gasteiger partial charge in [0.1, 0.15) is 11.6 Å². The van der Waals surface area contributed by atoms with Gasteiger partial charge >= 0.3 is 13.2 Å². The summed E-state index contributed by atoms with van der Waals surface area (Å²) in [6, 6.07) is 20.8. The zero-order valence-electron chi connectivity index (χ0n) is 41.4. The maximum absolute atomic E-state index is 12.6. The highest BCUT2D eigenvalue weighted by Crippen LogP contribution is 2.40. The van der Waals surface area contributed by atoms with Crippen LogP contribution in [0, 0.1) is 35.5 Å². The largest absolute Gasteiger partial charge is 0.463 e. The topological polar surface area (TPSA) is 127 Å². The molecule has 0 saturated heterocycles. The number of aliphatic hydroxyl groups excluding tert-OH is 2. The zero-order valence-corrected chi connectivity index (χ0v) is 43.2. The van der Waals surface area contributed by atoms with Gasteiger partial charge in [-0.2, -0.15) is 0 Å². The normalized spacial score (nSPS) is 22.0. The second-order valence-corrected chi connectivity index (χ2v) is 21.5. The number of hydrogen-bond acceptors (Lipinski definition) is 9. The molecule has 10 atom stereocenters. The third-order valence-corrected chi connectivity index (χ3v) is 12.6. The molecule has 362 valence electrons. The number of hydrogen-bond donors (Lipinski definition) is 2. The standard InChI is InChI=1S/C28H42O3.C26H38O5.H2P2S/c1-21(2)31-28(30)15-11-6-5-10-14-26-25(23(4)20-27(26)29)19-17-22(3)16-18-24-12-8-7-9-13-24;1-19(2)31-26(30)13-9-4-3-8-12-22-23(25(29)18-24(22)28)17-16-21(27)15-14-20-10-6-5-7-11-20;1-2-3/h5,7-10,12-13,21-23,25-26H,6,11,14-20H2,1-4H3;3,5-8,10-11,19,21-23,25,27,29H,4,9,12-18H2,1-2H3;1H2/p+1/b10-5-;8-3-;/t22-,23+,25-,26+;21-,22+,23+,25+;/m00./s1/i/hT. The molecule has 0 heterocycles. The van der Waals surface area contributed by atoms with Crippen molar-refractivity contribution in [1.82, 2.24) is 0 Å². The number of aliphatic hydroxyl groups is 2. The van der Waals surface area contributed by atoms with E-state index in [4.69, 9.17) is 10.8 Å². The third-order valence-electron chi connectivity index (χ3n) is 12.6. The molecule has 0 aliphatic heterocycles. The van der Waals surface area contributed by atoms with Crippen LogP contribution in [0.25, 0.3) is 0 Å². The fraction of sp³-hybridized carbons (Fsp3) is 0.630. The van der Waals surface area contributed by atoms with Crippen LogP contribution in [0.5, 0.6) is 0 Å². The van der Waals surface area contributed by atoms with Gasteiger partial charge in [0.2, 0.25) is 0 Å². The SMILES string of the molecule is CC(C)OC(=O)CCC/C=C\C[C@H]1C(=O)C[C@@H](C)[C@@H]1CC[C@@H](C)CCc1ccccc1.CC(C)OC(=O)CCC/C=C\C[C@H]1C(=O)C[C@@H](O)[C@@H]1CC[C@@H](O)CCc1ccccc1.[3H][P+](P)=S. The van der Waals surface area contributed by atoms with Gasteiger partial charge in [-0.05, 0) is 146 Å². The summed E-state index contributed by atoms with van der Waals surface area (Å²) in [7, 11) is 2.20. The zero-order chi connectivity index (χ0) is 48.9. The predicted octanol–water partition coefficient (Wildman–Crippen LogP) is 12.3. The minimum absolute atomic E-state index is 0.0450. The average Bonchev–Trinajstić information content (AvgIpc) is 3.69. The van der Waals surface area contributed by atoms with Crippen LogP contribution >= 0.6 is 15.9 Å². The number of rotatable bonds is 26. The quantitative estimate of drug-likeness (QED) is 0.0410. The Hall–Kier alpha value is -2.93. The third kappa shape index (κ3) is 25.7. The molecule has 2 unspecified atom stereocenters. The van der Waals surface area contributed by atoms with E-state index in [-0.39, 0.29) is 54.1 Å². The average molecular weight is 956 g/mol. The van der Waals surface area contributed by atoms with Gasteiger partial charge in [0.15, 0.2) is 18.8 Å². The van der Waals surface area contributed by atoms with Crippen LogP contribution < -0.4 is 0 Å². The number of ether oxygens (including phenoxy) is 2. The Kier molecular flexibility index (Phi) is 29.8. The van der Waals surface area contributed by atoms with Crippen LogP contribution in [0.2, 0.25) is 0 Å². The first-order valence-electron chi connectivity index (χ1n) is 24.8. The lowest BCUT2D eigenvalue weighted by atomic mass is 9.82. The van der Waals surface area contributed by atoms with Crippen LogP contribution in [0.3, 0.4) is 0 Å². The first-order valence-corrected chi connectivity index (χ1v) is 27.9. The number of Topliss-reactive ketones (excluding diaryl/α,β-unsaturated/α-hetero) is 2. The molecule has 2 saturated carbocycles. The molecule has 2 aromatic rings. The summed E-state index contributed by atoms with van der Waals surface area (Å²) in [5, 5.41) is 20.7. The van der Waals surface area contributed by atoms with Crippen LogP contribution in [-0.4, -0.2) is 59.4 Å². The van der Waals surface area contributed by atoms with Gasteiger partial charge in [-0.15, -0.1) is 0 Å². The molecule has 2 aliphatic carbocycles. The van der Waals surface area contributed by atoms with Crippen LogP contribution in [-0.2, 0) is 53.3 Å². The number of unbranched alkanes of at least 4 members (excludes halogenated alkanes) is 2.